The highest BCUT2D eigenvalue weighted by Gasteiger charge is 2.34. The number of hydrogen-bond acceptors (Lipinski definition) is 6. The van der Waals surface area contributed by atoms with Crippen LogP contribution in [-0.4, -0.2) is 49.9 Å². The van der Waals surface area contributed by atoms with Gasteiger partial charge in [-0.2, -0.15) is 4.31 Å². The van der Waals surface area contributed by atoms with Gasteiger partial charge in [0.05, 0.1) is 4.90 Å². The lowest BCUT2D eigenvalue weighted by atomic mass is 10.0. The van der Waals surface area contributed by atoms with Gasteiger partial charge in [-0.25, -0.2) is 13.4 Å². The summed E-state index contributed by atoms with van der Waals surface area (Å²) in [7, 11) is -3.70. The van der Waals surface area contributed by atoms with Crippen molar-refractivity contribution < 1.29 is 17.9 Å². The Morgan fingerprint density at radius 2 is 2.15 bits per heavy atom. The summed E-state index contributed by atoms with van der Waals surface area (Å²) in [6, 6.07) is 4.97. The number of ether oxygens (including phenoxy) is 1. The molecular weight excluding hydrogens is 366 g/mol. The van der Waals surface area contributed by atoms with Crippen LogP contribution in [0.2, 0.25) is 0 Å². The minimum Gasteiger partial charge on any atom is -0.409 e. The maximum absolute atomic E-state index is 13.6. The fourth-order valence-corrected chi connectivity index (χ4v) is 5.71. The van der Waals surface area contributed by atoms with Crippen LogP contribution in [0.15, 0.2) is 29.3 Å². The van der Waals surface area contributed by atoms with Gasteiger partial charge in [-0.15, -0.1) is 0 Å². The molecule has 27 heavy (non-hydrogen) atoms. The zero-order valence-corrected chi connectivity index (χ0v) is 16.0. The van der Waals surface area contributed by atoms with Crippen molar-refractivity contribution in [2.75, 3.05) is 19.6 Å². The summed E-state index contributed by atoms with van der Waals surface area (Å²) < 4.78 is 33.8. The third kappa shape index (κ3) is 3.33. The first-order valence-corrected chi connectivity index (χ1v) is 10.7. The number of carbonyl (C=O) groups excluding carboxylic acids is 1. The van der Waals surface area contributed by atoms with E-state index in [-0.39, 0.29) is 16.8 Å². The molecule has 1 aliphatic heterocycles. The largest absolute Gasteiger partial charge is 0.409 e. The van der Waals surface area contributed by atoms with E-state index in [2.05, 4.69) is 10.3 Å². The molecule has 144 valence electrons. The van der Waals surface area contributed by atoms with Crippen molar-refractivity contribution in [1.82, 2.24) is 14.6 Å². The van der Waals surface area contributed by atoms with Crippen molar-refractivity contribution in [2.24, 2.45) is 0 Å². The third-order valence-electron chi connectivity index (χ3n) is 5.29. The summed E-state index contributed by atoms with van der Waals surface area (Å²) >= 11 is 0. The molecule has 4 rings (SSSR count). The number of hydrogen-bond donors (Lipinski definition) is 1. The molecule has 1 aliphatic carbocycles. The molecule has 1 atom stereocenters. The molecule has 1 unspecified atom stereocenters. The molecule has 0 bridgehead atoms. The highest BCUT2D eigenvalue weighted by molar-refractivity contribution is 7.89. The maximum Gasteiger partial charge on any atom is 0.299 e. The lowest BCUT2D eigenvalue weighted by Crippen LogP contribution is -2.41. The molecule has 2 aromatic rings. The fraction of sp³-hybridized carbons (Fsp3) is 0.474. The van der Waals surface area contributed by atoms with Gasteiger partial charge in [0.15, 0.2) is 0 Å². The van der Waals surface area contributed by atoms with Crippen LogP contribution in [0.25, 0.3) is 10.8 Å². The Bertz CT molecular complexity index is 972. The molecule has 8 heteroatoms. The lowest BCUT2D eigenvalue weighted by Gasteiger charge is -2.27. The van der Waals surface area contributed by atoms with Gasteiger partial charge in [0, 0.05) is 36.1 Å². The van der Waals surface area contributed by atoms with Crippen LogP contribution in [0.4, 0.5) is 0 Å². The van der Waals surface area contributed by atoms with Crippen molar-refractivity contribution >= 4 is 27.3 Å². The number of rotatable bonds is 5. The van der Waals surface area contributed by atoms with Crippen molar-refractivity contribution in [1.29, 1.82) is 0 Å². The Kier molecular flexibility index (Phi) is 4.88. The highest BCUT2D eigenvalue weighted by Crippen LogP contribution is 2.46. The average molecular weight is 389 g/mol. The molecule has 1 saturated heterocycles. The molecule has 1 N–H and O–H groups in total. The van der Waals surface area contributed by atoms with E-state index in [0.717, 1.165) is 31.4 Å². The number of pyridine rings is 1. The van der Waals surface area contributed by atoms with E-state index in [0.29, 0.717) is 36.3 Å². The van der Waals surface area contributed by atoms with E-state index < -0.39 is 10.0 Å². The van der Waals surface area contributed by atoms with Crippen LogP contribution in [0.5, 0.6) is 5.88 Å². The Labute approximate surface area is 158 Å². The van der Waals surface area contributed by atoms with Crippen LogP contribution in [0.3, 0.4) is 0 Å². The first-order chi connectivity index (χ1) is 13.0. The van der Waals surface area contributed by atoms with Crippen LogP contribution in [0.1, 0.15) is 37.7 Å². The standard InChI is InChI=1S/C19H23N3O4S/c1-13-10-20-8-3-9-22(13)27(24,25)17-5-2-4-15-18(17)16(14-6-7-14)11-21-19(15)26-12-23/h2,4-5,11-14,20H,3,6-10H2,1H3. The van der Waals surface area contributed by atoms with E-state index in [1.54, 1.807) is 28.7 Å². The average Bonchev–Trinajstić information content (AvgIpc) is 3.49. The van der Waals surface area contributed by atoms with Gasteiger partial charge < -0.3 is 10.1 Å². The van der Waals surface area contributed by atoms with Gasteiger partial charge in [0.1, 0.15) is 0 Å². The zero-order chi connectivity index (χ0) is 19.0. The first-order valence-electron chi connectivity index (χ1n) is 9.28. The molecule has 1 saturated carbocycles. The predicted octanol–water partition coefficient (Wildman–Crippen LogP) is 2.02. The summed E-state index contributed by atoms with van der Waals surface area (Å²) in [4.78, 5) is 15.4. The van der Waals surface area contributed by atoms with Crippen LogP contribution in [-0.2, 0) is 14.8 Å². The number of benzene rings is 1. The molecule has 0 spiro atoms. The second-order valence-corrected chi connectivity index (χ2v) is 9.07. The summed E-state index contributed by atoms with van der Waals surface area (Å²) in [6.45, 7) is 4.16. The molecule has 2 heterocycles. The zero-order valence-electron chi connectivity index (χ0n) is 15.2. The highest BCUT2D eigenvalue weighted by atomic mass is 32.2. The van der Waals surface area contributed by atoms with Gasteiger partial charge in [-0.1, -0.05) is 6.07 Å². The number of aromatic nitrogens is 1. The van der Waals surface area contributed by atoms with E-state index in [1.165, 1.54) is 0 Å². The molecule has 1 aromatic carbocycles. The van der Waals surface area contributed by atoms with E-state index >= 15 is 0 Å². The van der Waals surface area contributed by atoms with Crippen LogP contribution >= 0.6 is 0 Å². The van der Waals surface area contributed by atoms with Gasteiger partial charge in [0.2, 0.25) is 15.9 Å². The molecule has 7 nitrogen and oxygen atoms in total. The van der Waals surface area contributed by atoms with Crippen molar-refractivity contribution in [2.45, 2.75) is 43.0 Å². The molecule has 0 amide bonds. The van der Waals surface area contributed by atoms with Crippen molar-refractivity contribution in [3.05, 3.63) is 30.0 Å². The first kappa shape index (κ1) is 18.3. The molecular formula is C19H23N3O4S. The van der Waals surface area contributed by atoms with E-state index in [1.807, 2.05) is 6.92 Å². The van der Waals surface area contributed by atoms with Crippen molar-refractivity contribution in [3.63, 3.8) is 0 Å². The Morgan fingerprint density at radius 3 is 2.89 bits per heavy atom. The topological polar surface area (TPSA) is 88.6 Å². The number of fused-ring (bicyclic) bond motifs is 1. The van der Waals surface area contributed by atoms with Gasteiger partial charge >= 0.3 is 0 Å². The quantitative estimate of drug-likeness (QED) is 0.787. The number of carbonyl (C=O) groups is 1. The molecule has 2 fully saturated rings. The molecule has 0 radical (unpaired) electrons. The minimum atomic E-state index is -3.70. The minimum absolute atomic E-state index is 0.135. The number of nitrogens with zero attached hydrogens (tertiary/aromatic N) is 2. The van der Waals surface area contributed by atoms with Crippen molar-refractivity contribution in [3.8, 4) is 5.88 Å². The monoisotopic (exact) mass is 389 g/mol. The van der Waals surface area contributed by atoms with Gasteiger partial charge in [0.25, 0.3) is 6.47 Å². The summed E-state index contributed by atoms with van der Waals surface area (Å²) in [6.07, 6.45) is 4.46. The van der Waals surface area contributed by atoms with Crippen LogP contribution in [0, 0.1) is 0 Å². The molecule has 1 aromatic heterocycles. The lowest BCUT2D eigenvalue weighted by molar-refractivity contribution is -0.120. The summed E-state index contributed by atoms with van der Waals surface area (Å²) in [5.41, 5.74) is 0.919. The smallest absolute Gasteiger partial charge is 0.299 e. The normalized spacial score (nSPS) is 21.7. The third-order valence-corrected chi connectivity index (χ3v) is 7.35. The van der Waals surface area contributed by atoms with Gasteiger partial charge in [-0.3, -0.25) is 4.79 Å². The van der Waals surface area contributed by atoms with Crippen LogP contribution < -0.4 is 10.1 Å². The SMILES string of the molecule is CC1CNCCCN1S(=O)(=O)c1cccc2c(OC=O)ncc(C3CC3)c12. The van der Waals surface area contributed by atoms with Gasteiger partial charge in [-0.05, 0) is 56.3 Å². The predicted molar refractivity (Wildman–Crippen MR) is 101 cm³/mol. The number of sulfonamides is 1. The number of nitrogens with one attached hydrogen (secondary N) is 1. The fourth-order valence-electron chi connectivity index (χ4n) is 3.80. The van der Waals surface area contributed by atoms with E-state index in [9.17, 15) is 13.2 Å². The Morgan fingerprint density at radius 1 is 1.33 bits per heavy atom. The summed E-state index contributed by atoms with van der Waals surface area (Å²) in [5.74, 6) is 0.455. The second-order valence-electron chi connectivity index (χ2n) is 7.21. The second kappa shape index (κ2) is 7.18. The van der Waals surface area contributed by atoms with E-state index in [4.69, 9.17) is 4.74 Å². The Balaban J connectivity index is 1.93. The maximum atomic E-state index is 13.6. The Hall–Kier alpha value is -2.03. The summed E-state index contributed by atoms with van der Waals surface area (Å²) in [5, 5.41) is 4.48. The molecule has 2 aliphatic rings.